The second kappa shape index (κ2) is 5.98. The van der Waals surface area contributed by atoms with Crippen LogP contribution in [0.15, 0.2) is 18.2 Å². The number of hydrogen-bond donors (Lipinski definition) is 1. The fraction of sp³-hybridized carbons (Fsp3) is 0.438. The van der Waals surface area contributed by atoms with Gasteiger partial charge in [0.25, 0.3) is 5.91 Å². The molecule has 3 rings (SSSR count). The van der Waals surface area contributed by atoms with Crippen molar-refractivity contribution in [3.63, 3.8) is 0 Å². The third-order valence-electron chi connectivity index (χ3n) is 4.41. The van der Waals surface area contributed by atoms with E-state index in [0.717, 1.165) is 0 Å². The Bertz CT molecular complexity index is 666. The molecule has 0 unspecified atom stereocenters. The van der Waals surface area contributed by atoms with Crippen molar-refractivity contribution < 1.29 is 23.5 Å². The van der Waals surface area contributed by atoms with Crippen molar-refractivity contribution in [1.82, 2.24) is 0 Å². The molecule has 1 atom stereocenters. The lowest BCUT2D eigenvalue weighted by atomic mass is 9.83. The molecule has 23 heavy (non-hydrogen) atoms. The van der Waals surface area contributed by atoms with Crippen molar-refractivity contribution in [3.05, 3.63) is 29.6 Å². The molecule has 0 aromatic heterocycles. The maximum atomic E-state index is 14.4. The number of amides is 2. The van der Waals surface area contributed by atoms with Crippen LogP contribution in [-0.4, -0.2) is 30.4 Å². The van der Waals surface area contributed by atoms with Crippen LogP contribution in [0.25, 0.3) is 0 Å². The number of hydrogen-bond acceptors (Lipinski definition) is 4. The van der Waals surface area contributed by atoms with Crippen molar-refractivity contribution >= 4 is 23.5 Å². The first-order valence-electron chi connectivity index (χ1n) is 7.54. The van der Waals surface area contributed by atoms with Gasteiger partial charge in [0.2, 0.25) is 0 Å². The van der Waals surface area contributed by atoms with Gasteiger partial charge in [-0.05, 0) is 36.5 Å². The van der Waals surface area contributed by atoms with Crippen molar-refractivity contribution in [2.75, 3.05) is 11.4 Å². The van der Waals surface area contributed by atoms with Gasteiger partial charge in [0.1, 0.15) is 11.6 Å². The van der Waals surface area contributed by atoms with E-state index in [1.807, 2.05) is 0 Å². The Labute approximate surface area is 132 Å². The van der Waals surface area contributed by atoms with E-state index in [9.17, 15) is 18.8 Å². The predicted molar refractivity (Wildman–Crippen MR) is 79.4 cm³/mol. The van der Waals surface area contributed by atoms with Gasteiger partial charge in [0, 0.05) is 12.8 Å². The van der Waals surface area contributed by atoms with Crippen molar-refractivity contribution in [2.45, 2.75) is 37.7 Å². The number of carbonyl (C=O) groups is 3. The Morgan fingerprint density at radius 2 is 1.96 bits per heavy atom. The molecule has 7 heteroatoms. The molecule has 2 fully saturated rings. The maximum absolute atomic E-state index is 14.4. The van der Waals surface area contributed by atoms with Gasteiger partial charge in [-0.2, -0.15) is 0 Å². The zero-order chi connectivity index (χ0) is 16.6. The number of nitrogens with zero attached hydrogens (tertiary/aromatic N) is 1. The minimum atomic E-state index is -1.02. The summed E-state index contributed by atoms with van der Waals surface area (Å²) in [4.78, 5) is 35.3. The zero-order valence-corrected chi connectivity index (χ0v) is 12.5. The number of anilines is 1. The van der Waals surface area contributed by atoms with Crippen LogP contribution in [0.1, 0.15) is 37.2 Å². The summed E-state index contributed by atoms with van der Waals surface area (Å²) >= 11 is 0. The second-order valence-electron chi connectivity index (χ2n) is 5.90. The molecule has 2 aliphatic rings. The van der Waals surface area contributed by atoms with E-state index in [1.54, 1.807) is 12.1 Å². The Hall–Kier alpha value is -2.44. The fourth-order valence-electron chi connectivity index (χ4n) is 3.09. The third-order valence-corrected chi connectivity index (χ3v) is 4.41. The lowest BCUT2D eigenvalue weighted by Crippen LogP contribution is -2.32. The second-order valence-corrected chi connectivity index (χ2v) is 5.90. The third kappa shape index (κ3) is 3.04. The predicted octanol–water partition coefficient (Wildman–Crippen LogP) is 1.86. The van der Waals surface area contributed by atoms with Gasteiger partial charge in [-0.15, -0.1) is 0 Å². The van der Waals surface area contributed by atoms with Gasteiger partial charge in [0.15, 0.2) is 6.10 Å². The first kappa shape index (κ1) is 15.5. The van der Waals surface area contributed by atoms with E-state index in [4.69, 9.17) is 10.5 Å². The van der Waals surface area contributed by atoms with Crippen molar-refractivity contribution in [1.29, 1.82) is 0 Å². The van der Waals surface area contributed by atoms with Crippen molar-refractivity contribution in [2.24, 2.45) is 5.73 Å². The summed E-state index contributed by atoms with van der Waals surface area (Å²) in [7, 11) is 0. The molecule has 2 amide bonds. The van der Waals surface area contributed by atoms with Crippen LogP contribution in [0.4, 0.5) is 14.9 Å². The maximum Gasteiger partial charge on any atom is 0.415 e. The summed E-state index contributed by atoms with van der Waals surface area (Å²) < 4.78 is 19.3. The van der Waals surface area contributed by atoms with Gasteiger partial charge >= 0.3 is 6.09 Å². The minimum absolute atomic E-state index is 0.0191. The zero-order valence-electron chi connectivity index (χ0n) is 12.5. The van der Waals surface area contributed by atoms with Gasteiger partial charge in [-0.25, -0.2) is 9.18 Å². The summed E-state index contributed by atoms with van der Waals surface area (Å²) in [5.41, 5.74) is 6.00. The van der Waals surface area contributed by atoms with Crippen molar-refractivity contribution in [3.8, 4) is 0 Å². The van der Waals surface area contributed by atoms with E-state index < -0.39 is 23.9 Å². The lowest BCUT2D eigenvalue weighted by Gasteiger charge is -2.22. The number of ketones is 1. The van der Waals surface area contributed by atoms with Crippen LogP contribution in [0.2, 0.25) is 0 Å². The molecule has 1 aromatic rings. The topological polar surface area (TPSA) is 89.7 Å². The molecule has 1 saturated carbocycles. The summed E-state index contributed by atoms with van der Waals surface area (Å²) in [5.74, 6) is -0.914. The normalized spacial score (nSPS) is 22.3. The van der Waals surface area contributed by atoms with Crippen LogP contribution < -0.4 is 10.6 Å². The molecule has 2 N–H and O–H groups in total. The number of rotatable bonds is 3. The quantitative estimate of drug-likeness (QED) is 0.920. The molecule has 1 saturated heterocycles. The highest BCUT2D eigenvalue weighted by Gasteiger charge is 2.36. The monoisotopic (exact) mass is 320 g/mol. The average Bonchev–Trinajstić information content (AvgIpc) is 2.90. The Kier molecular flexibility index (Phi) is 4.02. The number of ether oxygens (including phenoxy) is 1. The summed E-state index contributed by atoms with van der Waals surface area (Å²) in [6.07, 6.45) is 0.503. The molecule has 1 aliphatic carbocycles. The number of halogens is 1. The molecule has 0 spiro atoms. The molecule has 1 aromatic carbocycles. The molecule has 6 nitrogen and oxygen atoms in total. The molecular weight excluding hydrogens is 303 g/mol. The number of nitrogens with two attached hydrogens (primary N) is 1. The van der Waals surface area contributed by atoms with Crippen LogP contribution >= 0.6 is 0 Å². The number of primary amides is 1. The minimum Gasteiger partial charge on any atom is -0.434 e. The number of carbonyl (C=O) groups excluding carboxylic acids is 3. The molecular formula is C16H17FN2O4. The Balaban J connectivity index is 1.78. The first-order valence-corrected chi connectivity index (χ1v) is 7.54. The van der Waals surface area contributed by atoms with Gasteiger partial charge in [-0.1, -0.05) is 6.07 Å². The first-order chi connectivity index (χ1) is 11.0. The summed E-state index contributed by atoms with van der Waals surface area (Å²) in [6.45, 7) is -0.0229. The molecule has 122 valence electrons. The molecule has 0 bridgehead atoms. The standard InChI is InChI=1S/C16H17FN2O4/c17-13-7-10(19-8-14(15(18)21)23-16(19)22)3-6-12(13)9-1-4-11(20)5-2-9/h3,6-7,9,14H,1-2,4-5,8H2,(H2,18,21)/t14-/m1/s1. The molecule has 1 heterocycles. The highest BCUT2D eigenvalue weighted by Crippen LogP contribution is 2.34. The summed E-state index contributed by atoms with van der Waals surface area (Å²) in [6, 6.07) is 4.52. The fourth-order valence-corrected chi connectivity index (χ4v) is 3.09. The average molecular weight is 320 g/mol. The number of Topliss-reactive ketones (excluding diaryl/α,β-unsaturated/α-hetero) is 1. The lowest BCUT2D eigenvalue weighted by molar-refractivity contribution is -0.124. The van der Waals surface area contributed by atoms with Gasteiger partial charge < -0.3 is 10.5 Å². The molecule has 1 aliphatic heterocycles. The van der Waals surface area contributed by atoms with Crippen LogP contribution in [0, 0.1) is 5.82 Å². The van der Waals surface area contributed by atoms with E-state index in [-0.39, 0.29) is 18.2 Å². The highest BCUT2D eigenvalue weighted by molar-refractivity contribution is 5.95. The van der Waals surface area contributed by atoms with Crippen LogP contribution in [0.3, 0.4) is 0 Å². The van der Waals surface area contributed by atoms with Crippen LogP contribution in [-0.2, 0) is 14.3 Å². The highest BCUT2D eigenvalue weighted by atomic mass is 19.1. The van der Waals surface area contributed by atoms with E-state index in [2.05, 4.69) is 0 Å². The number of benzene rings is 1. The van der Waals surface area contributed by atoms with E-state index >= 15 is 0 Å². The van der Waals surface area contributed by atoms with Gasteiger partial charge in [0.05, 0.1) is 12.2 Å². The largest absolute Gasteiger partial charge is 0.434 e. The Morgan fingerprint density at radius 1 is 1.26 bits per heavy atom. The van der Waals surface area contributed by atoms with Gasteiger partial charge in [-0.3, -0.25) is 14.5 Å². The summed E-state index contributed by atoms with van der Waals surface area (Å²) in [5, 5.41) is 0. The molecule has 0 radical (unpaired) electrons. The SMILES string of the molecule is NC(=O)[C@H]1CN(c2ccc(C3CCC(=O)CC3)c(F)c2)C(=O)O1. The Morgan fingerprint density at radius 3 is 2.52 bits per heavy atom. The van der Waals surface area contributed by atoms with E-state index in [1.165, 1.54) is 11.0 Å². The number of cyclic esters (lactones) is 1. The van der Waals surface area contributed by atoms with Crippen LogP contribution in [0.5, 0.6) is 0 Å². The van der Waals surface area contributed by atoms with E-state index in [0.29, 0.717) is 36.9 Å². The smallest absolute Gasteiger partial charge is 0.415 e.